The van der Waals surface area contributed by atoms with Crippen molar-refractivity contribution in [1.29, 1.82) is 0 Å². The molecule has 116 valence electrons. The Bertz CT molecular complexity index is 823. The second-order valence-electron chi connectivity index (χ2n) is 6.05. The molecule has 0 saturated carbocycles. The standard InChI is InChI=1S/C17H20N2O3/c1-6-11-9-12(19-8-7-14(20)18-16(19)21)10-13(15(11)22-5)17(2,3)4/h6-10H,1H2,2-5H3,(H,18,20,21). The van der Waals surface area contributed by atoms with E-state index in [1.54, 1.807) is 19.3 Å². The number of methoxy groups -OCH3 is 1. The normalized spacial score (nSPS) is 11.3. The first-order chi connectivity index (χ1) is 10.3. The van der Waals surface area contributed by atoms with Crippen molar-refractivity contribution in [2.24, 2.45) is 0 Å². The van der Waals surface area contributed by atoms with E-state index in [0.717, 1.165) is 16.9 Å². The first-order valence-electron chi connectivity index (χ1n) is 6.95. The molecule has 0 aliphatic rings. The van der Waals surface area contributed by atoms with Crippen molar-refractivity contribution in [3.63, 3.8) is 0 Å². The summed E-state index contributed by atoms with van der Waals surface area (Å²) in [6, 6.07) is 5.02. The molecule has 2 aromatic rings. The molecule has 0 aliphatic heterocycles. The van der Waals surface area contributed by atoms with Crippen molar-refractivity contribution < 1.29 is 4.74 Å². The van der Waals surface area contributed by atoms with E-state index < -0.39 is 11.2 Å². The maximum atomic E-state index is 12.0. The van der Waals surface area contributed by atoms with E-state index in [2.05, 4.69) is 32.3 Å². The number of nitrogens with zero attached hydrogens (tertiary/aromatic N) is 1. The average molecular weight is 300 g/mol. The van der Waals surface area contributed by atoms with Crippen LogP contribution >= 0.6 is 0 Å². The quantitative estimate of drug-likeness (QED) is 0.947. The van der Waals surface area contributed by atoms with Gasteiger partial charge in [-0.1, -0.05) is 33.4 Å². The molecule has 0 spiro atoms. The van der Waals surface area contributed by atoms with E-state index in [0.29, 0.717) is 5.69 Å². The summed E-state index contributed by atoms with van der Waals surface area (Å²) in [5, 5.41) is 0. The van der Waals surface area contributed by atoms with E-state index in [4.69, 9.17) is 4.74 Å². The van der Waals surface area contributed by atoms with Crippen LogP contribution in [0.4, 0.5) is 0 Å². The van der Waals surface area contributed by atoms with Crippen molar-refractivity contribution in [3.05, 3.63) is 62.9 Å². The molecule has 1 aromatic heterocycles. The molecule has 0 atom stereocenters. The molecule has 0 fully saturated rings. The molecule has 1 aromatic carbocycles. The Morgan fingerprint density at radius 3 is 2.45 bits per heavy atom. The Morgan fingerprint density at radius 2 is 1.95 bits per heavy atom. The van der Waals surface area contributed by atoms with Gasteiger partial charge < -0.3 is 4.74 Å². The summed E-state index contributed by atoms with van der Waals surface area (Å²) in [5.41, 5.74) is 1.33. The topological polar surface area (TPSA) is 64.1 Å². The van der Waals surface area contributed by atoms with Crippen LogP contribution in [0.3, 0.4) is 0 Å². The van der Waals surface area contributed by atoms with E-state index in [-0.39, 0.29) is 5.41 Å². The van der Waals surface area contributed by atoms with Crippen LogP contribution in [0.15, 0.2) is 40.6 Å². The maximum Gasteiger partial charge on any atom is 0.332 e. The van der Waals surface area contributed by atoms with Gasteiger partial charge in [0.2, 0.25) is 0 Å². The lowest BCUT2D eigenvalue weighted by Crippen LogP contribution is -2.27. The van der Waals surface area contributed by atoms with Gasteiger partial charge in [-0.3, -0.25) is 14.3 Å². The molecule has 22 heavy (non-hydrogen) atoms. The lowest BCUT2D eigenvalue weighted by atomic mass is 9.84. The molecule has 1 heterocycles. The molecule has 0 aliphatic carbocycles. The summed E-state index contributed by atoms with van der Waals surface area (Å²) < 4.78 is 6.91. The minimum absolute atomic E-state index is 0.176. The third-order valence-corrected chi connectivity index (χ3v) is 3.44. The smallest absolute Gasteiger partial charge is 0.332 e. The highest BCUT2D eigenvalue weighted by Gasteiger charge is 2.22. The zero-order valence-electron chi connectivity index (χ0n) is 13.3. The summed E-state index contributed by atoms with van der Waals surface area (Å²) in [6.07, 6.45) is 3.15. The van der Waals surface area contributed by atoms with Crippen LogP contribution < -0.4 is 16.0 Å². The highest BCUT2D eigenvalue weighted by Crippen LogP contribution is 2.36. The van der Waals surface area contributed by atoms with Gasteiger partial charge >= 0.3 is 5.69 Å². The van der Waals surface area contributed by atoms with Crippen LogP contribution in [0.25, 0.3) is 11.8 Å². The average Bonchev–Trinajstić information content (AvgIpc) is 2.44. The van der Waals surface area contributed by atoms with Gasteiger partial charge in [-0.05, 0) is 17.5 Å². The zero-order valence-corrected chi connectivity index (χ0v) is 13.3. The lowest BCUT2D eigenvalue weighted by molar-refractivity contribution is 0.396. The number of rotatable bonds is 3. The predicted molar refractivity (Wildman–Crippen MR) is 88.0 cm³/mol. The fourth-order valence-corrected chi connectivity index (χ4v) is 2.33. The van der Waals surface area contributed by atoms with Gasteiger partial charge in [-0.25, -0.2) is 4.79 Å². The molecular weight excluding hydrogens is 280 g/mol. The first-order valence-corrected chi connectivity index (χ1v) is 6.95. The zero-order chi connectivity index (χ0) is 16.5. The second kappa shape index (κ2) is 5.67. The minimum atomic E-state index is -0.479. The summed E-state index contributed by atoms with van der Waals surface area (Å²) in [4.78, 5) is 25.5. The van der Waals surface area contributed by atoms with Crippen LogP contribution in [0, 0.1) is 0 Å². The SMILES string of the molecule is C=Cc1cc(-n2ccc(=O)[nH]c2=O)cc(C(C)(C)C)c1OC. The molecule has 2 rings (SSSR count). The third-order valence-electron chi connectivity index (χ3n) is 3.44. The molecular formula is C17H20N2O3. The maximum absolute atomic E-state index is 12.0. The highest BCUT2D eigenvalue weighted by atomic mass is 16.5. The summed E-state index contributed by atoms with van der Waals surface area (Å²) in [6.45, 7) is 10.0. The molecule has 0 unspecified atom stereocenters. The van der Waals surface area contributed by atoms with Gasteiger partial charge in [0.15, 0.2) is 0 Å². The van der Waals surface area contributed by atoms with Crippen molar-refractivity contribution in [2.45, 2.75) is 26.2 Å². The summed E-state index contributed by atoms with van der Waals surface area (Å²) >= 11 is 0. The summed E-state index contributed by atoms with van der Waals surface area (Å²) in [5.74, 6) is 0.740. The van der Waals surface area contributed by atoms with Crippen molar-refractivity contribution >= 4 is 6.08 Å². The molecule has 1 N–H and O–H groups in total. The molecule has 5 nitrogen and oxygen atoms in total. The van der Waals surface area contributed by atoms with E-state index in [1.165, 1.54) is 16.8 Å². The number of hydrogen-bond acceptors (Lipinski definition) is 3. The second-order valence-corrected chi connectivity index (χ2v) is 6.05. The molecule has 0 bridgehead atoms. The Kier molecular flexibility index (Phi) is 4.08. The number of hydrogen-bond donors (Lipinski definition) is 1. The van der Waals surface area contributed by atoms with E-state index in [1.807, 2.05) is 6.07 Å². The molecule has 5 heteroatoms. The number of aromatic amines is 1. The fourth-order valence-electron chi connectivity index (χ4n) is 2.33. The highest BCUT2D eigenvalue weighted by molar-refractivity contribution is 5.64. The molecule has 0 saturated heterocycles. The number of nitrogens with one attached hydrogen (secondary N) is 1. The van der Waals surface area contributed by atoms with Gasteiger partial charge in [0.05, 0.1) is 12.8 Å². The predicted octanol–water partition coefficient (Wildman–Crippen LogP) is 2.47. The Balaban J connectivity index is 2.81. The Labute approximate surface area is 128 Å². The number of ether oxygens (including phenoxy) is 1. The van der Waals surface area contributed by atoms with E-state index >= 15 is 0 Å². The first kappa shape index (κ1) is 15.8. The molecule has 0 amide bonds. The van der Waals surface area contributed by atoms with Crippen molar-refractivity contribution in [3.8, 4) is 11.4 Å². The minimum Gasteiger partial charge on any atom is -0.496 e. The van der Waals surface area contributed by atoms with Crippen LogP contribution in [0.1, 0.15) is 31.9 Å². The number of benzene rings is 1. The van der Waals surface area contributed by atoms with Crippen molar-refractivity contribution in [2.75, 3.05) is 7.11 Å². The summed E-state index contributed by atoms with van der Waals surface area (Å²) in [7, 11) is 1.61. The van der Waals surface area contributed by atoms with Gasteiger partial charge in [-0.15, -0.1) is 0 Å². The van der Waals surface area contributed by atoms with Crippen LogP contribution in [0.2, 0.25) is 0 Å². The van der Waals surface area contributed by atoms with Crippen LogP contribution in [0.5, 0.6) is 5.75 Å². The van der Waals surface area contributed by atoms with Crippen LogP contribution in [-0.2, 0) is 5.41 Å². The Morgan fingerprint density at radius 1 is 1.27 bits per heavy atom. The third kappa shape index (κ3) is 2.88. The van der Waals surface area contributed by atoms with Gasteiger partial charge in [-0.2, -0.15) is 0 Å². The number of H-pyrrole nitrogens is 1. The largest absolute Gasteiger partial charge is 0.496 e. The van der Waals surface area contributed by atoms with Crippen LogP contribution in [-0.4, -0.2) is 16.7 Å². The lowest BCUT2D eigenvalue weighted by Gasteiger charge is -2.24. The fraction of sp³-hybridized carbons (Fsp3) is 0.294. The Hall–Kier alpha value is -2.56. The van der Waals surface area contributed by atoms with Gasteiger partial charge in [0.25, 0.3) is 5.56 Å². The van der Waals surface area contributed by atoms with E-state index in [9.17, 15) is 9.59 Å². The molecule has 0 radical (unpaired) electrons. The number of aromatic nitrogens is 2. The van der Waals surface area contributed by atoms with Gasteiger partial charge in [0.1, 0.15) is 5.75 Å². The van der Waals surface area contributed by atoms with Gasteiger partial charge in [0, 0.05) is 23.4 Å². The monoisotopic (exact) mass is 300 g/mol. The van der Waals surface area contributed by atoms with Crippen molar-refractivity contribution in [1.82, 2.24) is 9.55 Å².